The second kappa shape index (κ2) is 10.8. The van der Waals surface area contributed by atoms with Crippen LogP contribution in [0.2, 0.25) is 5.02 Å². The van der Waals surface area contributed by atoms with E-state index >= 15 is 0 Å². The van der Waals surface area contributed by atoms with Crippen molar-refractivity contribution in [1.82, 2.24) is 9.80 Å². The van der Waals surface area contributed by atoms with Crippen LogP contribution in [0.15, 0.2) is 42.5 Å². The molecule has 0 aliphatic carbocycles. The minimum atomic E-state index is -0.570. The number of anilines is 1. The Balaban J connectivity index is 1.37. The number of aliphatic hydroxyl groups is 1. The summed E-state index contributed by atoms with van der Waals surface area (Å²) in [6, 6.07) is 13.1. The number of ether oxygens (including phenoxy) is 1. The van der Waals surface area contributed by atoms with Crippen molar-refractivity contribution >= 4 is 23.2 Å². The van der Waals surface area contributed by atoms with Crippen LogP contribution in [0, 0.1) is 13.8 Å². The van der Waals surface area contributed by atoms with Gasteiger partial charge in [0.25, 0.3) is 0 Å². The zero-order valence-electron chi connectivity index (χ0n) is 17.6. The number of carbonyl (C=O) groups is 1. The second-order valence-electron chi connectivity index (χ2n) is 7.81. The molecule has 0 saturated carbocycles. The maximum atomic E-state index is 12.5. The van der Waals surface area contributed by atoms with Crippen LogP contribution < -0.4 is 10.1 Å². The first-order valence-electron chi connectivity index (χ1n) is 10.3. The number of rotatable bonds is 8. The molecule has 2 aromatic carbocycles. The minimum absolute atomic E-state index is 0.0113. The molecular formula is C23H30ClN3O3. The Morgan fingerprint density at radius 3 is 2.30 bits per heavy atom. The number of nitrogens with one attached hydrogen (secondary N) is 1. The number of hydrogen-bond donors (Lipinski definition) is 2. The molecule has 30 heavy (non-hydrogen) atoms. The van der Waals surface area contributed by atoms with E-state index in [1.54, 1.807) is 24.3 Å². The maximum absolute atomic E-state index is 12.5. The fourth-order valence-corrected chi connectivity index (χ4v) is 3.72. The molecule has 2 N–H and O–H groups in total. The Morgan fingerprint density at radius 2 is 1.67 bits per heavy atom. The highest BCUT2D eigenvalue weighted by atomic mass is 35.5. The van der Waals surface area contributed by atoms with E-state index in [1.165, 1.54) is 0 Å². The van der Waals surface area contributed by atoms with Crippen molar-refractivity contribution in [3.05, 3.63) is 58.6 Å². The van der Waals surface area contributed by atoms with Crippen molar-refractivity contribution in [3.8, 4) is 5.75 Å². The largest absolute Gasteiger partial charge is 0.491 e. The van der Waals surface area contributed by atoms with Crippen molar-refractivity contribution in [2.24, 2.45) is 0 Å². The van der Waals surface area contributed by atoms with Crippen LogP contribution in [0.4, 0.5) is 5.69 Å². The molecule has 1 heterocycles. The van der Waals surface area contributed by atoms with Crippen LogP contribution in [0.1, 0.15) is 11.1 Å². The third-order valence-corrected chi connectivity index (χ3v) is 5.55. The lowest BCUT2D eigenvalue weighted by molar-refractivity contribution is -0.117. The van der Waals surface area contributed by atoms with E-state index in [9.17, 15) is 9.90 Å². The summed E-state index contributed by atoms with van der Waals surface area (Å²) < 4.78 is 5.62. The maximum Gasteiger partial charge on any atom is 0.238 e. The van der Waals surface area contributed by atoms with Crippen LogP contribution in [0.25, 0.3) is 0 Å². The predicted molar refractivity (Wildman–Crippen MR) is 120 cm³/mol. The summed E-state index contributed by atoms with van der Waals surface area (Å²) in [5.74, 6) is 0.704. The Labute approximate surface area is 183 Å². The minimum Gasteiger partial charge on any atom is -0.491 e. The number of benzene rings is 2. The number of carbonyl (C=O) groups excluding carboxylic acids is 1. The van der Waals surface area contributed by atoms with Crippen molar-refractivity contribution in [3.63, 3.8) is 0 Å². The quantitative estimate of drug-likeness (QED) is 0.672. The summed E-state index contributed by atoms with van der Waals surface area (Å²) in [5.41, 5.74) is 3.05. The number of halogens is 1. The smallest absolute Gasteiger partial charge is 0.238 e. The standard InChI is InChI=1S/C23H30ClN3O3/c1-17-4-3-5-18(2)23(17)25-22(29)15-27-12-10-26(11-13-27)14-20(28)16-30-21-8-6-19(24)7-9-21/h3-9,20,28H,10-16H2,1-2H3,(H,25,29). The average molecular weight is 432 g/mol. The first kappa shape index (κ1) is 22.6. The molecule has 0 spiro atoms. The molecule has 1 saturated heterocycles. The SMILES string of the molecule is Cc1cccc(C)c1NC(=O)CN1CCN(CC(O)COc2ccc(Cl)cc2)CC1. The molecule has 0 radical (unpaired) electrons. The molecule has 6 nitrogen and oxygen atoms in total. The van der Waals surface area contributed by atoms with Gasteiger partial charge in [-0.05, 0) is 49.2 Å². The first-order chi connectivity index (χ1) is 14.4. The molecule has 0 aromatic heterocycles. The Hall–Kier alpha value is -2.12. The molecule has 3 rings (SSSR count). The van der Waals surface area contributed by atoms with Crippen LogP contribution in [-0.2, 0) is 4.79 Å². The fraction of sp³-hybridized carbons (Fsp3) is 0.435. The van der Waals surface area contributed by atoms with Crippen molar-refractivity contribution in [2.45, 2.75) is 20.0 Å². The van der Waals surface area contributed by atoms with Crippen LogP contribution in [-0.4, -0.2) is 72.8 Å². The zero-order chi connectivity index (χ0) is 21.5. The third-order valence-electron chi connectivity index (χ3n) is 5.30. The van der Waals surface area contributed by atoms with Gasteiger partial charge in [-0.1, -0.05) is 29.8 Å². The molecule has 1 unspecified atom stereocenters. The van der Waals surface area contributed by atoms with E-state index in [0.717, 1.165) is 43.0 Å². The van der Waals surface area contributed by atoms with Gasteiger partial charge in [-0.15, -0.1) is 0 Å². The third kappa shape index (κ3) is 6.71. The number of para-hydroxylation sites is 1. The van der Waals surface area contributed by atoms with Gasteiger partial charge in [0.15, 0.2) is 0 Å². The van der Waals surface area contributed by atoms with E-state index in [2.05, 4.69) is 15.1 Å². The van der Waals surface area contributed by atoms with E-state index in [0.29, 0.717) is 23.9 Å². The molecule has 1 aliphatic rings. The topological polar surface area (TPSA) is 65.0 Å². The molecular weight excluding hydrogens is 402 g/mol. The summed E-state index contributed by atoms with van der Waals surface area (Å²) in [6.07, 6.45) is -0.570. The number of piperazine rings is 1. The number of aryl methyl sites for hydroxylation is 2. The molecule has 1 fully saturated rings. The second-order valence-corrected chi connectivity index (χ2v) is 8.25. The van der Waals surface area contributed by atoms with E-state index in [-0.39, 0.29) is 12.5 Å². The molecule has 0 bridgehead atoms. The molecule has 162 valence electrons. The van der Waals surface area contributed by atoms with Gasteiger partial charge in [0, 0.05) is 43.4 Å². The average Bonchev–Trinajstić information content (AvgIpc) is 2.72. The number of nitrogens with zero attached hydrogens (tertiary/aromatic N) is 2. The van der Waals surface area contributed by atoms with Gasteiger partial charge in [-0.3, -0.25) is 14.6 Å². The van der Waals surface area contributed by atoms with Crippen molar-refractivity contribution < 1.29 is 14.6 Å². The molecule has 2 aromatic rings. The van der Waals surface area contributed by atoms with Gasteiger partial charge in [0.2, 0.25) is 5.91 Å². The highest BCUT2D eigenvalue weighted by Crippen LogP contribution is 2.19. The van der Waals surface area contributed by atoms with Crippen molar-refractivity contribution in [2.75, 3.05) is 51.2 Å². The van der Waals surface area contributed by atoms with Gasteiger partial charge >= 0.3 is 0 Å². The van der Waals surface area contributed by atoms with E-state index in [4.69, 9.17) is 16.3 Å². The van der Waals surface area contributed by atoms with Gasteiger partial charge in [-0.2, -0.15) is 0 Å². The van der Waals surface area contributed by atoms with Gasteiger partial charge < -0.3 is 15.2 Å². The van der Waals surface area contributed by atoms with Crippen LogP contribution in [0.5, 0.6) is 5.75 Å². The summed E-state index contributed by atoms with van der Waals surface area (Å²) >= 11 is 5.86. The van der Waals surface area contributed by atoms with Crippen LogP contribution in [0.3, 0.4) is 0 Å². The number of aliphatic hydroxyl groups excluding tert-OH is 1. The highest BCUT2D eigenvalue weighted by Gasteiger charge is 2.21. The number of hydrogen-bond acceptors (Lipinski definition) is 5. The predicted octanol–water partition coefficient (Wildman–Crippen LogP) is 2.95. The lowest BCUT2D eigenvalue weighted by Gasteiger charge is -2.35. The fourth-order valence-electron chi connectivity index (χ4n) is 3.60. The molecule has 1 atom stereocenters. The highest BCUT2D eigenvalue weighted by molar-refractivity contribution is 6.30. The molecule has 7 heteroatoms. The molecule has 1 amide bonds. The van der Waals surface area contributed by atoms with E-state index < -0.39 is 6.10 Å². The first-order valence-corrected chi connectivity index (χ1v) is 10.7. The number of amides is 1. The summed E-state index contributed by atoms with van der Waals surface area (Å²) in [6.45, 7) is 8.39. The lowest BCUT2D eigenvalue weighted by atomic mass is 10.1. The zero-order valence-corrected chi connectivity index (χ0v) is 18.4. The Bertz CT molecular complexity index is 816. The monoisotopic (exact) mass is 431 g/mol. The van der Waals surface area contributed by atoms with Gasteiger partial charge in [0.05, 0.1) is 6.54 Å². The summed E-state index contributed by atoms with van der Waals surface area (Å²) in [4.78, 5) is 16.8. The Morgan fingerprint density at radius 1 is 1.07 bits per heavy atom. The number of β-amino-alcohol motifs (C(OH)–C–C–N with tert-alkyl or cyclic N) is 1. The van der Waals surface area contributed by atoms with Gasteiger partial charge in [-0.25, -0.2) is 0 Å². The van der Waals surface area contributed by atoms with E-state index in [1.807, 2.05) is 32.0 Å². The van der Waals surface area contributed by atoms with Gasteiger partial charge in [0.1, 0.15) is 18.5 Å². The lowest BCUT2D eigenvalue weighted by Crippen LogP contribution is -2.50. The Kier molecular flexibility index (Phi) is 8.10. The normalized spacial score (nSPS) is 16.3. The van der Waals surface area contributed by atoms with Crippen LogP contribution >= 0.6 is 11.6 Å². The van der Waals surface area contributed by atoms with Crippen molar-refractivity contribution in [1.29, 1.82) is 0 Å². The molecule has 1 aliphatic heterocycles. The summed E-state index contributed by atoms with van der Waals surface area (Å²) in [5, 5.41) is 14.0. The summed E-state index contributed by atoms with van der Waals surface area (Å²) in [7, 11) is 0.